The molecular weight excluding hydrogens is 483 g/mol. The number of sulfonamides is 1. The van der Waals surface area contributed by atoms with Crippen LogP contribution in [0.1, 0.15) is 51.2 Å². The van der Waals surface area contributed by atoms with E-state index in [1.165, 1.54) is 0 Å². The Labute approximate surface area is 203 Å². The molecule has 190 valence electrons. The van der Waals surface area contributed by atoms with E-state index in [2.05, 4.69) is 0 Å². The summed E-state index contributed by atoms with van der Waals surface area (Å²) in [7, 11) is -4.41. The average molecular weight is 512 g/mol. The van der Waals surface area contributed by atoms with Gasteiger partial charge in [0.1, 0.15) is 11.9 Å². The molecule has 0 aromatic heterocycles. The fraction of sp³-hybridized carbons (Fsp3) is 0.400. The molecule has 2 aromatic carbocycles. The maximum Gasteiger partial charge on any atom is 0.416 e. The zero-order chi connectivity index (χ0) is 26.0. The second kappa shape index (κ2) is 10.3. The molecule has 1 aliphatic heterocycles. The van der Waals surface area contributed by atoms with Gasteiger partial charge in [-0.25, -0.2) is 8.42 Å². The third kappa shape index (κ3) is 6.17. The summed E-state index contributed by atoms with van der Waals surface area (Å²) in [6, 6.07) is 8.59. The molecule has 0 amide bonds. The summed E-state index contributed by atoms with van der Waals surface area (Å²) in [5.74, 6) is -0.562. The van der Waals surface area contributed by atoms with E-state index >= 15 is 0 Å². The number of fused-ring (bicyclic) bond motifs is 1. The number of carboxylic acid groups (broad SMARTS) is 1. The zero-order valence-electron chi connectivity index (χ0n) is 19.7. The fourth-order valence-electron chi connectivity index (χ4n) is 3.93. The third-order valence-electron chi connectivity index (χ3n) is 5.85. The number of ether oxygens (including phenoxy) is 1. The molecule has 0 saturated heterocycles. The van der Waals surface area contributed by atoms with Gasteiger partial charge < -0.3 is 9.84 Å². The predicted octanol–water partition coefficient (Wildman–Crippen LogP) is 5.98. The summed E-state index contributed by atoms with van der Waals surface area (Å²) in [6.07, 6.45) is -2.93. The Morgan fingerprint density at radius 3 is 2.54 bits per heavy atom. The first-order chi connectivity index (χ1) is 16.3. The molecule has 0 radical (unpaired) electrons. The summed E-state index contributed by atoms with van der Waals surface area (Å²) in [5.41, 5.74) is 0.997. The molecule has 6 nitrogen and oxygen atoms in total. The molecular formula is C25H28F3NO5S. The lowest BCUT2D eigenvalue weighted by Crippen LogP contribution is -2.43. The molecule has 35 heavy (non-hydrogen) atoms. The molecule has 0 fully saturated rings. The SMILES string of the molecule is CC/C(=C\c1ccc2c(c1)N(S(=O)(=O)c1cccc(C(F)(F)F)c1)C[C@H](CCC(=O)O)O2)C(C)C. The Hall–Kier alpha value is -3.01. The van der Waals surface area contributed by atoms with Gasteiger partial charge in [-0.3, -0.25) is 9.10 Å². The monoisotopic (exact) mass is 511 g/mol. The highest BCUT2D eigenvalue weighted by molar-refractivity contribution is 7.92. The normalized spacial score (nSPS) is 16.7. The van der Waals surface area contributed by atoms with Crippen LogP contribution in [-0.4, -0.2) is 32.1 Å². The summed E-state index contributed by atoms with van der Waals surface area (Å²) in [4.78, 5) is 10.5. The Bertz CT molecular complexity index is 1220. The lowest BCUT2D eigenvalue weighted by Gasteiger charge is -2.35. The van der Waals surface area contributed by atoms with Crippen LogP contribution in [0.5, 0.6) is 5.75 Å². The first-order valence-corrected chi connectivity index (χ1v) is 12.7. The molecule has 1 N–H and O–H groups in total. The van der Waals surface area contributed by atoms with Gasteiger partial charge in [-0.15, -0.1) is 0 Å². The second-order valence-corrected chi connectivity index (χ2v) is 10.6. The number of nitrogens with zero attached hydrogens (tertiary/aromatic N) is 1. The van der Waals surface area contributed by atoms with E-state index in [1.54, 1.807) is 18.2 Å². The van der Waals surface area contributed by atoms with Crippen LogP contribution in [0.3, 0.4) is 0 Å². The molecule has 3 rings (SSSR count). The fourth-order valence-corrected chi connectivity index (χ4v) is 5.48. The van der Waals surface area contributed by atoms with Crippen molar-refractivity contribution in [2.24, 2.45) is 5.92 Å². The van der Waals surface area contributed by atoms with Crippen molar-refractivity contribution in [2.75, 3.05) is 10.8 Å². The predicted molar refractivity (Wildman–Crippen MR) is 127 cm³/mol. The summed E-state index contributed by atoms with van der Waals surface area (Å²) in [6.45, 7) is 5.89. The largest absolute Gasteiger partial charge is 0.486 e. The smallest absolute Gasteiger partial charge is 0.416 e. The van der Waals surface area contributed by atoms with E-state index in [9.17, 15) is 26.4 Å². The van der Waals surface area contributed by atoms with E-state index < -0.39 is 38.7 Å². The molecule has 2 aromatic rings. The number of hydrogen-bond acceptors (Lipinski definition) is 4. The van der Waals surface area contributed by atoms with Gasteiger partial charge in [0.25, 0.3) is 10.0 Å². The van der Waals surface area contributed by atoms with Crippen molar-refractivity contribution in [3.05, 3.63) is 59.2 Å². The van der Waals surface area contributed by atoms with Crippen LogP contribution in [0.15, 0.2) is 52.9 Å². The number of allylic oxidation sites excluding steroid dienone is 1. The first-order valence-electron chi connectivity index (χ1n) is 11.3. The van der Waals surface area contributed by atoms with Gasteiger partial charge in [0.15, 0.2) is 0 Å². The maximum atomic E-state index is 13.6. The molecule has 0 unspecified atom stereocenters. The number of rotatable bonds is 8. The van der Waals surface area contributed by atoms with E-state index in [1.807, 2.05) is 26.8 Å². The Morgan fingerprint density at radius 1 is 1.23 bits per heavy atom. The van der Waals surface area contributed by atoms with Crippen LogP contribution in [0.25, 0.3) is 6.08 Å². The lowest BCUT2D eigenvalue weighted by atomic mass is 9.98. The van der Waals surface area contributed by atoms with Gasteiger partial charge in [0.2, 0.25) is 0 Å². The minimum absolute atomic E-state index is 0.0401. The van der Waals surface area contributed by atoms with Gasteiger partial charge in [-0.1, -0.05) is 44.6 Å². The highest BCUT2D eigenvalue weighted by atomic mass is 32.2. The van der Waals surface area contributed by atoms with Crippen LogP contribution in [0.4, 0.5) is 18.9 Å². The molecule has 0 spiro atoms. The van der Waals surface area contributed by atoms with E-state index in [4.69, 9.17) is 9.84 Å². The van der Waals surface area contributed by atoms with Gasteiger partial charge in [-0.2, -0.15) is 13.2 Å². The van der Waals surface area contributed by atoms with Gasteiger partial charge in [0.05, 0.1) is 22.7 Å². The van der Waals surface area contributed by atoms with Crippen LogP contribution in [-0.2, 0) is 21.0 Å². The highest BCUT2D eigenvalue weighted by Gasteiger charge is 2.37. The molecule has 0 bridgehead atoms. The van der Waals surface area contributed by atoms with Crippen molar-refractivity contribution in [1.29, 1.82) is 0 Å². The van der Waals surface area contributed by atoms with E-state index in [0.29, 0.717) is 6.07 Å². The van der Waals surface area contributed by atoms with Crippen molar-refractivity contribution >= 4 is 27.8 Å². The molecule has 1 heterocycles. The van der Waals surface area contributed by atoms with Crippen molar-refractivity contribution < 1.29 is 36.2 Å². The number of anilines is 1. The van der Waals surface area contributed by atoms with Crippen molar-refractivity contribution in [2.45, 2.75) is 57.2 Å². The lowest BCUT2D eigenvalue weighted by molar-refractivity contribution is -0.138. The van der Waals surface area contributed by atoms with Crippen molar-refractivity contribution in [1.82, 2.24) is 0 Å². The van der Waals surface area contributed by atoms with E-state index in [0.717, 1.165) is 40.1 Å². The molecule has 1 aliphatic rings. The average Bonchev–Trinajstić information content (AvgIpc) is 2.79. The van der Waals surface area contributed by atoms with Gasteiger partial charge >= 0.3 is 12.1 Å². The quantitative estimate of drug-likeness (QED) is 0.472. The minimum Gasteiger partial charge on any atom is -0.486 e. The summed E-state index contributed by atoms with van der Waals surface area (Å²) < 4.78 is 73.8. The highest BCUT2D eigenvalue weighted by Crippen LogP contribution is 2.40. The Balaban J connectivity index is 2.11. The van der Waals surface area contributed by atoms with Crippen LogP contribution < -0.4 is 9.04 Å². The molecule has 10 heteroatoms. The number of carbonyl (C=O) groups is 1. The van der Waals surface area contributed by atoms with Crippen molar-refractivity contribution in [3.8, 4) is 5.75 Å². The number of halogens is 3. The first kappa shape index (κ1) is 26.6. The van der Waals surface area contributed by atoms with Gasteiger partial charge in [-0.05, 0) is 54.7 Å². The Morgan fingerprint density at radius 2 is 1.94 bits per heavy atom. The zero-order valence-corrected chi connectivity index (χ0v) is 20.5. The van der Waals surface area contributed by atoms with E-state index in [-0.39, 0.29) is 36.7 Å². The third-order valence-corrected chi connectivity index (χ3v) is 7.62. The van der Waals surface area contributed by atoms with Crippen molar-refractivity contribution in [3.63, 3.8) is 0 Å². The molecule has 0 aliphatic carbocycles. The number of hydrogen-bond donors (Lipinski definition) is 1. The summed E-state index contributed by atoms with van der Waals surface area (Å²) >= 11 is 0. The van der Waals surface area contributed by atoms with Crippen LogP contribution in [0.2, 0.25) is 0 Å². The molecule has 0 saturated carbocycles. The van der Waals surface area contributed by atoms with Crippen LogP contribution in [0, 0.1) is 5.92 Å². The Kier molecular flexibility index (Phi) is 7.83. The molecule has 1 atom stereocenters. The van der Waals surface area contributed by atoms with Crippen LogP contribution >= 0.6 is 0 Å². The number of carboxylic acids is 1. The standard InChI is InChI=1S/C25H28F3NO5S/c1-4-18(16(2)3)12-17-8-10-23-22(13-17)29(15-20(34-23)9-11-24(30)31)35(32,33)21-7-5-6-19(14-21)25(26,27)28/h5-8,10,12-14,16,20H,4,9,11,15H2,1-3H3,(H,30,31)/b18-12+/t20-/m0/s1. The second-order valence-electron chi connectivity index (χ2n) is 8.69. The summed E-state index contributed by atoms with van der Waals surface area (Å²) in [5, 5.41) is 9.04. The topological polar surface area (TPSA) is 83.9 Å². The maximum absolute atomic E-state index is 13.6. The number of benzene rings is 2. The van der Waals surface area contributed by atoms with Gasteiger partial charge in [0, 0.05) is 6.42 Å². The number of alkyl halides is 3. The number of aliphatic carboxylic acids is 1. The minimum atomic E-state index is -4.70.